The molecule has 1 atom stereocenters. The summed E-state index contributed by atoms with van der Waals surface area (Å²) in [7, 11) is 0. The van der Waals surface area contributed by atoms with Gasteiger partial charge in [-0.25, -0.2) is 4.39 Å². The lowest BCUT2D eigenvalue weighted by Crippen LogP contribution is -1.99. The van der Waals surface area contributed by atoms with Gasteiger partial charge in [-0.05, 0) is 84.4 Å². The van der Waals surface area contributed by atoms with Crippen molar-refractivity contribution in [3.63, 3.8) is 0 Å². The van der Waals surface area contributed by atoms with E-state index < -0.39 is 0 Å². The van der Waals surface area contributed by atoms with Crippen LogP contribution < -0.4 is 0 Å². The SMILES string of the molecule is C/C=C/CCc1ccc(CCc2ccc(C=Cc3ccc(C[C@H](C)c4ccccc4)cc3F)cc2)cc1. The Kier molecular flexibility index (Phi) is 9.66. The Bertz CT molecular complexity index is 1300. The number of rotatable bonds is 11. The van der Waals surface area contributed by atoms with Crippen molar-refractivity contribution >= 4 is 12.2 Å². The van der Waals surface area contributed by atoms with Gasteiger partial charge in [-0.2, -0.15) is 0 Å². The number of aryl methyl sites for hydroxylation is 3. The molecule has 0 saturated heterocycles. The van der Waals surface area contributed by atoms with Crippen molar-refractivity contribution in [3.8, 4) is 0 Å². The van der Waals surface area contributed by atoms with Crippen LogP contribution in [0.3, 0.4) is 0 Å². The lowest BCUT2D eigenvalue weighted by atomic mass is 9.93. The van der Waals surface area contributed by atoms with Crippen LogP contribution in [0.25, 0.3) is 12.2 Å². The van der Waals surface area contributed by atoms with Crippen molar-refractivity contribution in [1.82, 2.24) is 0 Å². The summed E-state index contributed by atoms with van der Waals surface area (Å²) in [5, 5.41) is 0. The highest BCUT2D eigenvalue weighted by Gasteiger charge is 2.08. The van der Waals surface area contributed by atoms with Crippen LogP contribution in [-0.2, 0) is 25.7 Å². The summed E-state index contributed by atoms with van der Waals surface area (Å²) in [6, 6.07) is 33.6. The van der Waals surface area contributed by atoms with E-state index in [9.17, 15) is 4.39 Å². The fourth-order valence-electron chi connectivity index (χ4n) is 4.65. The second-order valence-electron chi connectivity index (χ2n) is 9.87. The molecule has 188 valence electrons. The zero-order valence-corrected chi connectivity index (χ0v) is 22.0. The molecule has 0 bridgehead atoms. The minimum atomic E-state index is -0.168. The molecule has 0 radical (unpaired) electrons. The highest BCUT2D eigenvalue weighted by Crippen LogP contribution is 2.22. The van der Waals surface area contributed by atoms with Gasteiger partial charge in [0.2, 0.25) is 0 Å². The third kappa shape index (κ3) is 8.15. The van der Waals surface area contributed by atoms with Gasteiger partial charge in [0.1, 0.15) is 5.82 Å². The lowest BCUT2D eigenvalue weighted by molar-refractivity contribution is 0.620. The number of allylic oxidation sites excluding steroid dienone is 2. The number of benzene rings is 4. The van der Waals surface area contributed by atoms with Gasteiger partial charge in [0, 0.05) is 5.56 Å². The van der Waals surface area contributed by atoms with Crippen LogP contribution in [0.5, 0.6) is 0 Å². The van der Waals surface area contributed by atoms with E-state index in [1.54, 1.807) is 6.07 Å². The first-order valence-electron chi connectivity index (χ1n) is 13.4. The average molecular weight is 489 g/mol. The van der Waals surface area contributed by atoms with E-state index in [2.05, 4.69) is 98.8 Å². The van der Waals surface area contributed by atoms with Gasteiger partial charge in [0.25, 0.3) is 0 Å². The molecule has 1 heteroatoms. The Balaban J connectivity index is 1.29. The molecule has 0 saturated carbocycles. The Morgan fingerprint density at radius 2 is 1.27 bits per heavy atom. The third-order valence-corrected chi connectivity index (χ3v) is 6.97. The molecule has 0 aliphatic carbocycles. The maximum Gasteiger partial charge on any atom is 0.130 e. The summed E-state index contributed by atoms with van der Waals surface area (Å²) in [6.07, 6.45) is 13.3. The predicted octanol–water partition coefficient (Wildman–Crippen LogP) is 9.64. The van der Waals surface area contributed by atoms with E-state index in [4.69, 9.17) is 0 Å². The normalized spacial score (nSPS) is 12.4. The number of halogens is 1. The van der Waals surface area contributed by atoms with Gasteiger partial charge < -0.3 is 0 Å². The van der Waals surface area contributed by atoms with Crippen LogP contribution in [0.1, 0.15) is 65.1 Å². The topological polar surface area (TPSA) is 0 Å². The molecular formula is C36H37F. The molecule has 0 aromatic heterocycles. The molecular weight excluding hydrogens is 451 g/mol. The first-order chi connectivity index (χ1) is 18.1. The largest absolute Gasteiger partial charge is 0.206 e. The lowest BCUT2D eigenvalue weighted by Gasteiger charge is -2.12. The molecule has 0 aliphatic heterocycles. The molecule has 0 fully saturated rings. The van der Waals surface area contributed by atoms with Gasteiger partial charge in [0.15, 0.2) is 0 Å². The first kappa shape index (κ1) is 26.4. The molecule has 4 rings (SSSR count). The summed E-state index contributed by atoms with van der Waals surface area (Å²) in [6.45, 7) is 4.26. The van der Waals surface area contributed by atoms with E-state index in [0.717, 1.165) is 43.2 Å². The van der Waals surface area contributed by atoms with E-state index in [-0.39, 0.29) is 5.82 Å². The third-order valence-electron chi connectivity index (χ3n) is 6.97. The van der Waals surface area contributed by atoms with E-state index in [0.29, 0.717) is 11.5 Å². The standard InChI is InChI=1S/C36H37F/c1-3-4-6-9-29-12-14-30(15-13-29)16-17-31-18-20-32(21-19-31)22-24-35-25-23-33(27-36(35)37)26-28(2)34-10-7-5-8-11-34/h3-5,7-8,10-15,18-25,27-28H,6,9,16-17,26H2,1-2H3/b4-3+,24-22?/t28-/m0/s1. The zero-order chi connectivity index (χ0) is 25.9. The summed E-state index contributed by atoms with van der Waals surface area (Å²) < 4.78 is 14.8. The molecule has 0 amide bonds. The van der Waals surface area contributed by atoms with Gasteiger partial charge in [-0.1, -0.05) is 122 Å². The van der Waals surface area contributed by atoms with Crippen LogP contribution in [0, 0.1) is 5.82 Å². The maximum absolute atomic E-state index is 14.8. The van der Waals surface area contributed by atoms with Gasteiger partial charge in [-0.3, -0.25) is 0 Å². The average Bonchev–Trinajstić information content (AvgIpc) is 2.93. The van der Waals surface area contributed by atoms with Crippen molar-refractivity contribution in [1.29, 1.82) is 0 Å². The second kappa shape index (κ2) is 13.6. The monoisotopic (exact) mass is 488 g/mol. The summed E-state index contributed by atoms with van der Waals surface area (Å²) in [4.78, 5) is 0. The van der Waals surface area contributed by atoms with Crippen LogP contribution >= 0.6 is 0 Å². The summed E-state index contributed by atoms with van der Waals surface area (Å²) in [5.41, 5.74) is 8.09. The molecule has 0 heterocycles. The van der Waals surface area contributed by atoms with E-state index in [1.165, 1.54) is 22.3 Å². The predicted molar refractivity (Wildman–Crippen MR) is 157 cm³/mol. The summed E-state index contributed by atoms with van der Waals surface area (Å²) in [5.74, 6) is 0.187. The van der Waals surface area contributed by atoms with Crippen LogP contribution in [-0.4, -0.2) is 0 Å². The van der Waals surface area contributed by atoms with E-state index >= 15 is 0 Å². The number of hydrogen-bond acceptors (Lipinski definition) is 0. The Morgan fingerprint density at radius 3 is 1.89 bits per heavy atom. The van der Waals surface area contributed by atoms with E-state index in [1.807, 2.05) is 30.4 Å². The molecule has 0 N–H and O–H groups in total. The van der Waals surface area contributed by atoms with Crippen molar-refractivity contribution in [2.75, 3.05) is 0 Å². The summed E-state index contributed by atoms with van der Waals surface area (Å²) >= 11 is 0. The molecule has 0 aliphatic rings. The quantitative estimate of drug-likeness (QED) is 0.146. The van der Waals surface area contributed by atoms with Crippen molar-refractivity contribution in [2.45, 2.75) is 51.9 Å². The van der Waals surface area contributed by atoms with Gasteiger partial charge in [-0.15, -0.1) is 0 Å². The molecule has 37 heavy (non-hydrogen) atoms. The maximum atomic E-state index is 14.8. The molecule has 4 aromatic carbocycles. The molecule has 4 aromatic rings. The highest BCUT2D eigenvalue weighted by molar-refractivity contribution is 5.70. The smallest absolute Gasteiger partial charge is 0.130 e. The Hall–Kier alpha value is -3.71. The second-order valence-corrected chi connectivity index (χ2v) is 9.87. The minimum Gasteiger partial charge on any atom is -0.206 e. The Labute approximate surface area is 222 Å². The molecule has 0 spiro atoms. The van der Waals surface area contributed by atoms with Crippen LogP contribution in [0.4, 0.5) is 4.39 Å². The van der Waals surface area contributed by atoms with Gasteiger partial charge >= 0.3 is 0 Å². The van der Waals surface area contributed by atoms with Crippen molar-refractivity contribution < 1.29 is 4.39 Å². The zero-order valence-electron chi connectivity index (χ0n) is 22.0. The molecule has 0 nitrogen and oxygen atoms in total. The molecule has 0 unspecified atom stereocenters. The fourth-order valence-corrected chi connectivity index (χ4v) is 4.65. The van der Waals surface area contributed by atoms with Crippen LogP contribution in [0.15, 0.2) is 109 Å². The van der Waals surface area contributed by atoms with Crippen molar-refractivity contribution in [2.24, 2.45) is 0 Å². The number of hydrogen-bond donors (Lipinski definition) is 0. The minimum absolute atomic E-state index is 0.168. The Morgan fingerprint density at radius 1 is 0.676 bits per heavy atom. The first-order valence-corrected chi connectivity index (χ1v) is 13.4. The van der Waals surface area contributed by atoms with Crippen molar-refractivity contribution in [3.05, 3.63) is 154 Å². The van der Waals surface area contributed by atoms with Crippen LogP contribution in [0.2, 0.25) is 0 Å². The van der Waals surface area contributed by atoms with Gasteiger partial charge in [0.05, 0.1) is 0 Å². The highest BCUT2D eigenvalue weighted by atomic mass is 19.1. The fraction of sp³-hybridized carbons (Fsp3) is 0.222.